The van der Waals surface area contributed by atoms with Crippen LogP contribution in [0.15, 0.2) is 77.3 Å². The quantitative estimate of drug-likeness (QED) is 0.402. The standard InChI is InChI=1S/C21H14BrClN4O/c22-17-9-5-4-8-15(17)20(28)26-27-21-24-18-11-10-14(23)12-16(18)19(25-21)13-6-2-1-3-7-13/h1-12H,(H,26,28)(H,24,25,27). The molecule has 0 unspecified atom stereocenters. The predicted octanol–water partition coefficient (Wildman–Crippen LogP) is 5.47. The van der Waals surface area contributed by atoms with E-state index in [4.69, 9.17) is 11.6 Å². The number of nitrogens with zero attached hydrogens (tertiary/aromatic N) is 2. The lowest BCUT2D eigenvalue weighted by atomic mass is 10.1. The van der Waals surface area contributed by atoms with E-state index in [0.29, 0.717) is 15.1 Å². The molecule has 138 valence electrons. The third-order valence-corrected chi connectivity index (χ3v) is 5.04. The van der Waals surface area contributed by atoms with Crippen molar-refractivity contribution < 1.29 is 4.79 Å². The Labute approximate surface area is 174 Å². The molecule has 2 N–H and O–H groups in total. The van der Waals surface area contributed by atoms with E-state index in [1.165, 1.54) is 0 Å². The van der Waals surface area contributed by atoms with Crippen molar-refractivity contribution >= 4 is 50.3 Å². The highest BCUT2D eigenvalue weighted by Crippen LogP contribution is 2.29. The van der Waals surface area contributed by atoms with E-state index in [9.17, 15) is 4.79 Å². The van der Waals surface area contributed by atoms with Crippen LogP contribution in [0.4, 0.5) is 5.95 Å². The van der Waals surface area contributed by atoms with Crippen molar-refractivity contribution in [3.05, 3.63) is 87.9 Å². The first-order valence-electron chi connectivity index (χ1n) is 8.45. The lowest BCUT2D eigenvalue weighted by molar-refractivity contribution is 0.0961. The van der Waals surface area contributed by atoms with E-state index in [-0.39, 0.29) is 11.9 Å². The van der Waals surface area contributed by atoms with E-state index in [2.05, 4.69) is 36.7 Å². The van der Waals surface area contributed by atoms with E-state index in [0.717, 1.165) is 22.2 Å². The van der Waals surface area contributed by atoms with Crippen molar-refractivity contribution in [2.24, 2.45) is 0 Å². The minimum atomic E-state index is -0.298. The fourth-order valence-corrected chi connectivity index (χ4v) is 3.43. The average molecular weight is 454 g/mol. The van der Waals surface area contributed by atoms with Gasteiger partial charge in [-0.05, 0) is 46.3 Å². The van der Waals surface area contributed by atoms with Gasteiger partial charge < -0.3 is 0 Å². The summed E-state index contributed by atoms with van der Waals surface area (Å²) >= 11 is 9.54. The van der Waals surface area contributed by atoms with E-state index < -0.39 is 0 Å². The molecule has 1 aromatic heterocycles. The Balaban J connectivity index is 1.69. The van der Waals surface area contributed by atoms with Crippen LogP contribution in [0.1, 0.15) is 10.4 Å². The van der Waals surface area contributed by atoms with Crippen LogP contribution in [-0.4, -0.2) is 15.9 Å². The van der Waals surface area contributed by atoms with E-state index >= 15 is 0 Å². The first kappa shape index (κ1) is 18.4. The van der Waals surface area contributed by atoms with Gasteiger partial charge in [0.05, 0.1) is 16.8 Å². The summed E-state index contributed by atoms with van der Waals surface area (Å²) in [7, 11) is 0. The highest BCUT2D eigenvalue weighted by Gasteiger charge is 2.13. The number of aromatic nitrogens is 2. The number of anilines is 1. The molecule has 5 nitrogen and oxygen atoms in total. The van der Waals surface area contributed by atoms with Gasteiger partial charge in [0.2, 0.25) is 5.95 Å². The maximum Gasteiger partial charge on any atom is 0.270 e. The first-order valence-corrected chi connectivity index (χ1v) is 9.62. The van der Waals surface area contributed by atoms with Gasteiger partial charge in [0.25, 0.3) is 5.91 Å². The van der Waals surface area contributed by atoms with Crippen molar-refractivity contribution in [1.82, 2.24) is 15.4 Å². The number of carbonyl (C=O) groups excluding carboxylic acids is 1. The fraction of sp³-hybridized carbons (Fsp3) is 0. The summed E-state index contributed by atoms with van der Waals surface area (Å²) in [5.41, 5.74) is 8.33. The first-order chi connectivity index (χ1) is 13.6. The molecule has 0 aliphatic rings. The Morgan fingerprint density at radius 2 is 1.68 bits per heavy atom. The highest BCUT2D eigenvalue weighted by atomic mass is 79.9. The molecule has 1 amide bonds. The van der Waals surface area contributed by atoms with E-state index in [1.807, 2.05) is 48.5 Å². The van der Waals surface area contributed by atoms with Gasteiger partial charge in [0, 0.05) is 20.4 Å². The molecule has 7 heteroatoms. The van der Waals surface area contributed by atoms with Gasteiger partial charge >= 0.3 is 0 Å². The summed E-state index contributed by atoms with van der Waals surface area (Å²) in [5, 5.41) is 1.44. The largest absolute Gasteiger partial charge is 0.270 e. The van der Waals surface area contributed by atoms with Crippen LogP contribution in [0.5, 0.6) is 0 Å². The number of hydrazine groups is 1. The number of carbonyl (C=O) groups is 1. The van der Waals surface area contributed by atoms with Gasteiger partial charge in [-0.25, -0.2) is 9.97 Å². The molecule has 0 saturated heterocycles. The SMILES string of the molecule is O=C(NNc1nc(-c2ccccc2)c2cc(Cl)ccc2n1)c1ccccc1Br. The molecule has 0 fully saturated rings. The summed E-state index contributed by atoms with van der Waals surface area (Å²) in [6.07, 6.45) is 0. The Kier molecular flexibility index (Phi) is 5.23. The number of fused-ring (bicyclic) bond motifs is 1. The topological polar surface area (TPSA) is 66.9 Å². The molecule has 4 rings (SSSR count). The second-order valence-corrected chi connectivity index (χ2v) is 7.27. The number of nitrogens with one attached hydrogen (secondary N) is 2. The lowest BCUT2D eigenvalue weighted by Gasteiger charge is -2.12. The summed E-state index contributed by atoms with van der Waals surface area (Å²) in [6.45, 7) is 0. The molecule has 0 atom stereocenters. The average Bonchev–Trinajstić information content (AvgIpc) is 2.72. The van der Waals surface area contributed by atoms with Crippen molar-refractivity contribution in [1.29, 1.82) is 0 Å². The minimum Gasteiger partial charge on any atom is -0.267 e. The van der Waals surface area contributed by atoms with Crippen molar-refractivity contribution in [2.75, 3.05) is 5.43 Å². The van der Waals surface area contributed by atoms with Crippen LogP contribution in [0.2, 0.25) is 5.02 Å². The van der Waals surface area contributed by atoms with Crippen LogP contribution in [0.25, 0.3) is 22.2 Å². The van der Waals surface area contributed by atoms with Gasteiger partial charge in [-0.2, -0.15) is 0 Å². The van der Waals surface area contributed by atoms with Gasteiger partial charge in [-0.15, -0.1) is 0 Å². The zero-order valence-corrected chi connectivity index (χ0v) is 16.8. The normalized spacial score (nSPS) is 10.6. The van der Waals surface area contributed by atoms with Crippen LogP contribution in [0, 0.1) is 0 Å². The second-order valence-electron chi connectivity index (χ2n) is 5.98. The van der Waals surface area contributed by atoms with Crippen molar-refractivity contribution in [3.63, 3.8) is 0 Å². The Morgan fingerprint density at radius 3 is 2.46 bits per heavy atom. The van der Waals surface area contributed by atoms with Crippen LogP contribution < -0.4 is 10.9 Å². The number of hydrogen-bond donors (Lipinski definition) is 2. The van der Waals surface area contributed by atoms with Gasteiger partial charge in [0.15, 0.2) is 0 Å². The van der Waals surface area contributed by atoms with Gasteiger partial charge in [0.1, 0.15) is 0 Å². The molecule has 0 bridgehead atoms. The van der Waals surface area contributed by atoms with Gasteiger partial charge in [-0.1, -0.05) is 54.1 Å². The molecular weight excluding hydrogens is 440 g/mol. The number of amides is 1. The smallest absolute Gasteiger partial charge is 0.267 e. The molecule has 28 heavy (non-hydrogen) atoms. The molecule has 3 aromatic carbocycles. The van der Waals surface area contributed by atoms with E-state index in [1.54, 1.807) is 24.3 Å². The minimum absolute atomic E-state index is 0.286. The molecular formula is C21H14BrClN4O. The lowest BCUT2D eigenvalue weighted by Crippen LogP contribution is -2.30. The summed E-state index contributed by atoms with van der Waals surface area (Å²) < 4.78 is 0.702. The van der Waals surface area contributed by atoms with Gasteiger partial charge in [-0.3, -0.25) is 15.6 Å². The number of rotatable bonds is 4. The number of hydrogen-bond acceptors (Lipinski definition) is 4. The zero-order chi connectivity index (χ0) is 19.5. The molecule has 1 heterocycles. The second kappa shape index (κ2) is 7.96. The zero-order valence-electron chi connectivity index (χ0n) is 14.5. The van der Waals surface area contributed by atoms with Crippen molar-refractivity contribution in [3.8, 4) is 11.3 Å². The fourth-order valence-electron chi connectivity index (χ4n) is 2.80. The molecule has 0 saturated carbocycles. The summed E-state index contributed by atoms with van der Waals surface area (Å²) in [4.78, 5) is 21.5. The molecule has 0 aliphatic heterocycles. The van der Waals surface area contributed by atoms with Crippen LogP contribution in [-0.2, 0) is 0 Å². The number of benzene rings is 3. The van der Waals surface area contributed by atoms with Crippen molar-refractivity contribution in [2.45, 2.75) is 0 Å². The highest BCUT2D eigenvalue weighted by molar-refractivity contribution is 9.10. The maximum absolute atomic E-state index is 12.4. The number of halogens is 2. The molecule has 0 spiro atoms. The molecule has 4 aromatic rings. The Morgan fingerprint density at radius 1 is 0.929 bits per heavy atom. The summed E-state index contributed by atoms with van der Waals surface area (Å²) in [6, 6.07) is 22.4. The predicted molar refractivity (Wildman–Crippen MR) is 115 cm³/mol. The monoisotopic (exact) mass is 452 g/mol. The van der Waals surface area contributed by atoms with Crippen LogP contribution in [0.3, 0.4) is 0 Å². The van der Waals surface area contributed by atoms with Crippen LogP contribution >= 0.6 is 27.5 Å². The molecule has 0 aliphatic carbocycles. The molecule has 0 radical (unpaired) electrons. The Bertz CT molecular complexity index is 1170. The maximum atomic E-state index is 12.4. The summed E-state index contributed by atoms with van der Waals surface area (Å²) in [5.74, 6) is -0.0115. The third-order valence-electron chi connectivity index (χ3n) is 4.11. The third kappa shape index (κ3) is 3.83. The Hall–Kier alpha value is -2.96.